The lowest BCUT2D eigenvalue weighted by atomic mass is 9.70. The summed E-state index contributed by atoms with van der Waals surface area (Å²) in [7, 11) is 0. The fourth-order valence-electron chi connectivity index (χ4n) is 2.69. The van der Waals surface area contributed by atoms with Crippen molar-refractivity contribution in [2.24, 2.45) is 5.41 Å². The molecule has 1 aromatic heterocycles. The molecule has 0 saturated heterocycles. The van der Waals surface area contributed by atoms with Gasteiger partial charge in [0.05, 0.1) is 0 Å². The Hall–Kier alpha value is -1.32. The predicted molar refractivity (Wildman–Crippen MR) is 83.2 cm³/mol. The second-order valence-electron chi connectivity index (χ2n) is 6.72. The largest absolute Gasteiger partial charge is 0.370 e. The Balaban J connectivity index is 1.69. The number of hydrogen-bond acceptors (Lipinski definition) is 4. The molecular formula is C16H26N4. The minimum Gasteiger partial charge on any atom is -0.370 e. The van der Waals surface area contributed by atoms with Crippen LogP contribution in [0, 0.1) is 5.41 Å². The maximum atomic E-state index is 4.70. The summed E-state index contributed by atoms with van der Waals surface area (Å²) >= 11 is 0. The first-order chi connectivity index (χ1) is 9.68. The van der Waals surface area contributed by atoms with Crippen molar-refractivity contribution in [3.05, 3.63) is 11.9 Å². The fourth-order valence-corrected chi connectivity index (χ4v) is 2.69. The highest BCUT2D eigenvalue weighted by Gasteiger charge is 2.32. The number of anilines is 2. The summed E-state index contributed by atoms with van der Waals surface area (Å²) in [4.78, 5) is 9.35. The van der Waals surface area contributed by atoms with E-state index in [1.54, 1.807) is 0 Å². The van der Waals surface area contributed by atoms with Gasteiger partial charge in [0.25, 0.3) is 0 Å². The number of rotatable bonds is 7. The first kappa shape index (κ1) is 13.7. The summed E-state index contributed by atoms with van der Waals surface area (Å²) in [5.41, 5.74) is 0.474. The van der Waals surface area contributed by atoms with Gasteiger partial charge in [-0.1, -0.05) is 20.3 Å². The molecular weight excluding hydrogens is 248 g/mol. The van der Waals surface area contributed by atoms with Gasteiger partial charge in [0.15, 0.2) is 0 Å². The van der Waals surface area contributed by atoms with E-state index in [1.807, 2.05) is 0 Å². The lowest BCUT2D eigenvalue weighted by Gasteiger charge is -2.38. The second kappa shape index (κ2) is 5.58. The van der Waals surface area contributed by atoms with Crippen molar-refractivity contribution in [1.82, 2.24) is 9.97 Å². The first-order valence-corrected chi connectivity index (χ1v) is 8.05. The third-order valence-corrected chi connectivity index (χ3v) is 4.50. The Morgan fingerprint density at radius 2 is 1.90 bits per heavy atom. The Kier molecular flexibility index (Phi) is 3.81. The van der Waals surface area contributed by atoms with Gasteiger partial charge in [0.2, 0.25) is 0 Å². The van der Waals surface area contributed by atoms with Gasteiger partial charge in [-0.25, -0.2) is 9.97 Å². The van der Waals surface area contributed by atoms with Crippen LogP contribution in [0.15, 0.2) is 6.07 Å². The van der Waals surface area contributed by atoms with Crippen LogP contribution in [0.3, 0.4) is 0 Å². The molecule has 0 bridgehead atoms. The molecule has 0 aliphatic heterocycles. The van der Waals surface area contributed by atoms with E-state index < -0.39 is 0 Å². The molecule has 1 aromatic rings. The van der Waals surface area contributed by atoms with Crippen LogP contribution in [0.4, 0.5) is 11.6 Å². The molecule has 4 nitrogen and oxygen atoms in total. The Morgan fingerprint density at radius 1 is 1.20 bits per heavy atom. The van der Waals surface area contributed by atoms with Gasteiger partial charge in [-0.3, -0.25) is 0 Å². The van der Waals surface area contributed by atoms with E-state index in [2.05, 4.69) is 35.5 Å². The van der Waals surface area contributed by atoms with Crippen molar-refractivity contribution in [2.45, 2.75) is 58.3 Å². The molecule has 0 atom stereocenters. The van der Waals surface area contributed by atoms with Crippen molar-refractivity contribution >= 4 is 11.6 Å². The summed E-state index contributed by atoms with van der Waals surface area (Å²) in [6.45, 7) is 6.54. The fraction of sp³-hybridized carbons (Fsp3) is 0.750. The Bertz CT molecular complexity index is 464. The Morgan fingerprint density at radius 3 is 2.45 bits per heavy atom. The zero-order chi connectivity index (χ0) is 14.0. The average molecular weight is 274 g/mol. The van der Waals surface area contributed by atoms with E-state index in [0.717, 1.165) is 37.0 Å². The van der Waals surface area contributed by atoms with E-state index in [1.165, 1.54) is 32.1 Å². The molecule has 0 amide bonds. The number of aromatic nitrogens is 2. The van der Waals surface area contributed by atoms with Crippen LogP contribution in [0.1, 0.15) is 64.1 Å². The maximum absolute atomic E-state index is 4.70. The average Bonchev–Trinajstić information content (AvgIpc) is 3.25. The van der Waals surface area contributed by atoms with E-state index in [9.17, 15) is 0 Å². The van der Waals surface area contributed by atoms with E-state index in [4.69, 9.17) is 4.98 Å². The highest BCUT2D eigenvalue weighted by molar-refractivity contribution is 5.48. The van der Waals surface area contributed by atoms with Crippen molar-refractivity contribution in [2.75, 3.05) is 23.7 Å². The van der Waals surface area contributed by atoms with Gasteiger partial charge in [-0.15, -0.1) is 0 Å². The van der Waals surface area contributed by atoms with Gasteiger partial charge in [-0.05, 0) is 37.5 Å². The van der Waals surface area contributed by atoms with Gasteiger partial charge < -0.3 is 10.6 Å². The van der Waals surface area contributed by atoms with Crippen LogP contribution in [0.2, 0.25) is 0 Å². The highest BCUT2D eigenvalue weighted by atomic mass is 15.1. The quantitative estimate of drug-likeness (QED) is 0.794. The normalized spacial score (nSPS) is 20.3. The van der Waals surface area contributed by atoms with Crippen LogP contribution in [-0.4, -0.2) is 23.1 Å². The molecule has 2 aliphatic rings. The summed E-state index contributed by atoms with van der Waals surface area (Å²) in [6, 6.07) is 2.06. The van der Waals surface area contributed by atoms with E-state index in [-0.39, 0.29) is 0 Å². The first-order valence-electron chi connectivity index (χ1n) is 8.05. The number of nitrogens with one attached hydrogen (secondary N) is 2. The Labute approximate surface area is 121 Å². The van der Waals surface area contributed by atoms with Gasteiger partial charge in [0.1, 0.15) is 17.5 Å². The summed E-state index contributed by atoms with van der Waals surface area (Å²) in [6.07, 6.45) is 7.65. The van der Waals surface area contributed by atoms with Gasteiger partial charge in [0, 0.05) is 25.1 Å². The van der Waals surface area contributed by atoms with Crippen LogP contribution < -0.4 is 10.6 Å². The molecule has 0 spiro atoms. The van der Waals surface area contributed by atoms with Crippen LogP contribution >= 0.6 is 0 Å². The molecule has 0 aromatic carbocycles. The van der Waals surface area contributed by atoms with E-state index >= 15 is 0 Å². The van der Waals surface area contributed by atoms with Crippen molar-refractivity contribution < 1.29 is 0 Å². The lowest BCUT2D eigenvalue weighted by molar-refractivity contribution is 0.180. The third kappa shape index (κ3) is 3.22. The molecule has 20 heavy (non-hydrogen) atoms. The van der Waals surface area contributed by atoms with E-state index in [0.29, 0.717) is 11.3 Å². The predicted octanol–water partition coefficient (Wildman–Crippen LogP) is 3.78. The third-order valence-electron chi connectivity index (χ3n) is 4.50. The zero-order valence-electron chi connectivity index (χ0n) is 12.7. The monoisotopic (exact) mass is 274 g/mol. The minimum absolute atomic E-state index is 0.474. The van der Waals surface area contributed by atoms with Crippen molar-refractivity contribution in [1.29, 1.82) is 0 Å². The molecule has 3 rings (SSSR count). The molecule has 2 saturated carbocycles. The summed E-state index contributed by atoms with van der Waals surface area (Å²) in [5.74, 6) is 3.59. The minimum atomic E-state index is 0.474. The molecule has 110 valence electrons. The molecule has 2 aliphatic carbocycles. The maximum Gasteiger partial charge on any atom is 0.136 e. The van der Waals surface area contributed by atoms with Gasteiger partial charge in [-0.2, -0.15) is 0 Å². The standard InChI is InChI=1S/C16H26N4/c1-3-9-17-13-10-14(18-11-16(2)7-4-8-16)20-15(19-13)12-5-6-12/h10,12H,3-9,11H2,1-2H3,(H2,17,18,19,20). The molecule has 2 N–H and O–H groups in total. The molecule has 4 heteroatoms. The molecule has 0 unspecified atom stereocenters. The summed E-state index contributed by atoms with van der Waals surface area (Å²) < 4.78 is 0. The van der Waals surface area contributed by atoms with Crippen LogP contribution in [0.25, 0.3) is 0 Å². The van der Waals surface area contributed by atoms with Crippen molar-refractivity contribution in [3.8, 4) is 0 Å². The number of hydrogen-bond donors (Lipinski definition) is 2. The molecule has 2 fully saturated rings. The van der Waals surface area contributed by atoms with Crippen LogP contribution in [0.5, 0.6) is 0 Å². The topological polar surface area (TPSA) is 49.8 Å². The van der Waals surface area contributed by atoms with Crippen molar-refractivity contribution in [3.63, 3.8) is 0 Å². The second-order valence-corrected chi connectivity index (χ2v) is 6.72. The smallest absolute Gasteiger partial charge is 0.136 e. The molecule has 0 radical (unpaired) electrons. The molecule has 1 heterocycles. The SMILES string of the molecule is CCCNc1cc(NCC2(C)CCC2)nc(C2CC2)n1. The lowest BCUT2D eigenvalue weighted by Crippen LogP contribution is -2.33. The highest BCUT2D eigenvalue weighted by Crippen LogP contribution is 2.41. The van der Waals surface area contributed by atoms with Crippen LogP contribution in [-0.2, 0) is 0 Å². The zero-order valence-corrected chi connectivity index (χ0v) is 12.7. The number of nitrogens with zero attached hydrogens (tertiary/aromatic N) is 2. The summed E-state index contributed by atoms with van der Waals surface area (Å²) in [5, 5.41) is 6.93. The van der Waals surface area contributed by atoms with Gasteiger partial charge >= 0.3 is 0 Å².